The highest BCUT2D eigenvalue weighted by molar-refractivity contribution is 4.85. The first kappa shape index (κ1) is 11.4. The Morgan fingerprint density at radius 3 is 2.93 bits per heavy atom. The van der Waals surface area contributed by atoms with E-state index in [0.717, 1.165) is 12.6 Å². The topological polar surface area (TPSA) is 24.5 Å². The number of piperazine rings is 1. The van der Waals surface area contributed by atoms with Crippen molar-refractivity contribution in [3.8, 4) is 0 Å². The van der Waals surface area contributed by atoms with Gasteiger partial charge in [-0.05, 0) is 32.6 Å². The van der Waals surface area contributed by atoms with Crippen LogP contribution >= 0.6 is 0 Å². The number of ether oxygens (including phenoxy) is 1. The molecule has 2 rings (SSSR count). The summed E-state index contributed by atoms with van der Waals surface area (Å²) in [5.41, 5.74) is 0. The summed E-state index contributed by atoms with van der Waals surface area (Å²) in [6.45, 7) is 5.85. The molecular weight excluding hydrogens is 188 g/mol. The molecule has 0 spiro atoms. The molecule has 3 atom stereocenters. The van der Waals surface area contributed by atoms with E-state index in [9.17, 15) is 0 Å². The van der Waals surface area contributed by atoms with Crippen LogP contribution in [0.4, 0.5) is 0 Å². The third-order valence-corrected chi connectivity index (χ3v) is 3.85. The molecule has 3 nitrogen and oxygen atoms in total. The van der Waals surface area contributed by atoms with Crippen LogP contribution < -0.4 is 5.32 Å². The van der Waals surface area contributed by atoms with Gasteiger partial charge in [-0.2, -0.15) is 0 Å². The molecule has 2 fully saturated rings. The maximum atomic E-state index is 5.50. The number of hydrogen-bond acceptors (Lipinski definition) is 3. The lowest BCUT2D eigenvalue weighted by Crippen LogP contribution is -2.54. The smallest absolute Gasteiger partial charge is 0.0586 e. The molecule has 0 aromatic carbocycles. The van der Waals surface area contributed by atoms with Crippen molar-refractivity contribution >= 4 is 0 Å². The highest BCUT2D eigenvalue weighted by Crippen LogP contribution is 2.25. The maximum absolute atomic E-state index is 5.50. The number of nitrogens with zero attached hydrogens (tertiary/aromatic N) is 1. The van der Waals surface area contributed by atoms with E-state index in [0.29, 0.717) is 12.1 Å². The monoisotopic (exact) mass is 212 g/mol. The molecule has 1 saturated carbocycles. The summed E-state index contributed by atoms with van der Waals surface area (Å²) < 4.78 is 5.50. The van der Waals surface area contributed by atoms with E-state index in [1.807, 2.05) is 7.11 Å². The largest absolute Gasteiger partial charge is 0.381 e. The lowest BCUT2D eigenvalue weighted by atomic mass is 9.91. The zero-order valence-electron chi connectivity index (χ0n) is 10.0. The van der Waals surface area contributed by atoms with Gasteiger partial charge in [-0.15, -0.1) is 0 Å². The van der Waals surface area contributed by atoms with Crippen LogP contribution in [0.5, 0.6) is 0 Å². The summed E-state index contributed by atoms with van der Waals surface area (Å²) in [5, 5.41) is 3.50. The van der Waals surface area contributed by atoms with E-state index < -0.39 is 0 Å². The molecular formula is C12H24N2O. The summed E-state index contributed by atoms with van der Waals surface area (Å²) in [5.74, 6) is 0. The summed E-state index contributed by atoms with van der Waals surface area (Å²) in [7, 11) is 1.85. The summed E-state index contributed by atoms with van der Waals surface area (Å²) in [6, 6.07) is 1.43. The second kappa shape index (κ2) is 5.28. The Balaban J connectivity index is 1.86. The number of hydrogen-bond donors (Lipinski definition) is 1. The first-order chi connectivity index (χ1) is 7.29. The molecule has 2 aliphatic rings. The van der Waals surface area contributed by atoms with Crippen LogP contribution in [0, 0.1) is 0 Å². The predicted molar refractivity (Wildman–Crippen MR) is 62.1 cm³/mol. The molecule has 1 saturated heterocycles. The molecule has 15 heavy (non-hydrogen) atoms. The fourth-order valence-corrected chi connectivity index (χ4v) is 2.96. The van der Waals surface area contributed by atoms with Gasteiger partial charge in [-0.25, -0.2) is 0 Å². The summed E-state index contributed by atoms with van der Waals surface area (Å²) in [6.07, 6.45) is 5.71. The molecule has 0 aromatic rings. The van der Waals surface area contributed by atoms with Crippen molar-refractivity contribution in [2.24, 2.45) is 0 Å². The van der Waals surface area contributed by atoms with E-state index in [4.69, 9.17) is 4.74 Å². The van der Waals surface area contributed by atoms with Crippen molar-refractivity contribution in [1.29, 1.82) is 0 Å². The Hall–Kier alpha value is -0.120. The molecule has 1 heterocycles. The van der Waals surface area contributed by atoms with Gasteiger partial charge in [0.15, 0.2) is 0 Å². The van der Waals surface area contributed by atoms with Gasteiger partial charge < -0.3 is 10.1 Å². The zero-order valence-corrected chi connectivity index (χ0v) is 10.0. The lowest BCUT2D eigenvalue weighted by Gasteiger charge is -2.41. The summed E-state index contributed by atoms with van der Waals surface area (Å²) >= 11 is 0. The van der Waals surface area contributed by atoms with E-state index in [-0.39, 0.29) is 0 Å². The highest BCUT2D eigenvalue weighted by atomic mass is 16.5. The fraction of sp³-hybridized carbons (Fsp3) is 1.00. The minimum absolute atomic E-state index is 0.508. The molecule has 0 radical (unpaired) electrons. The molecule has 88 valence electrons. The van der Waals surface area contributed by atoms with Crippen LogP contribution in [-0.4, -0.2) is 49.8 Å². The van der Waals surface area contributed by atoms with Crippen LogP contribution in [0.1, 0.15) is 32.6 Å². The third-order valence-electron chi connectivity index (χ3n) is 3.85. The van der Waals surface area contributed by atoms with Gasteiger partial charge in [-0.3, -0.25) is 4.90 Å². The van der Waals surface area contributed by atoms with Gasteiger partial charge >= 0.3 is 0 Å². The number of nitrogens with one attached hydrogen (secondary N) is 1. The Morgan fingerprint density at radius 2 is 2.20 bits per heavy atom. The Labute approximate surface area is 93.2 Å². The Morgan fingerprint density at radius 1 is 1.33 bits per heavy atom. The normalized spacial score (nSPS) is 39.2. The second-order valence-electron chi connectivity index (χ2n) is 5.03. The molecule has 1 aliphatic carbocycles. The SMILES string of the molecule is COC1CCCC(N2CCN[C@H](C)C2)C1. The number of methoxy groups -OCH3 is 1. The quantitative estimate of drug-likeness (QED) is 0.745. The van der Waals surface area contributed by atoms with Crippen LogP contribution in [0.3, 0.4) is 0 Å². The van der Waals surface area contributed by atoms with Crippen molar-refractivity contribution in [1.82, 2.24) is 10.2 Å². The van der Waals surface area contributed by atoms with E-state index in [2.05, 4.69) is 17.1 Å². The van der Waals surface area contributed by atoms with Gasteiger partial charge in [0.25, 0.3) is 0 Å². The van der Waals surface area contributed by atoms with Crippen LogP contribution in [0.2, 0.25) is 0 Å². The van der Waals surface area contributed by atoms with Crippen molar-refractivity contribution < 1.29 is 4.74 Å². The van der Waals surface area contributed by atoms with E-state index >= 15 is 0 Å². The van der Waals surface area contributed by atoms with Crippen molar-refractivity contribution in [3.63, 3.8) is 0 Å². The second-order valence-corrected chi connectivity index (χ2v) is 5.03. The fourth-order valence-electron chi connectivity index (χ4n) is 2.96. The van der Waals surface area contributed by atoms with E-state index in [1.54, 1.807) is 0 Å². The van der Waals surface area contributed by atoms with Crippen molar-refractivity contribution in [2.45, 2.75) is 50.8 Å². The molecule has 0 amide bonds. The van der Waals surface area contributed by atoms with Gasteiger partial charge in [0, 0.05) is 38.8 Å². The van der Waals surface area contributed by atoms with Gasteiger partial charge in [-0.1, -0.05) is 0 Å². The predicted octanol–water partition coefficient (Wildman–Crippen LogP) is 1.24. The highest BCUT2D eigenvalue weighted by Gasteiger charge is 2.28. The van der Waals surface area contributed by atoms with Crippen molar-refractivity contribution in [2.75, 3.05) is 26.7 Å². The maximum Gasteiger partial charge on any atom is 0.0586 e. The Bertz CT molecular complexity index is 198. The minimum Gasteiger partial charge on any atom is -0.381 e. The molecule has 1 N–H and O–H groups in total. The first-order valence-corrected chi connectivity index (χ1v) is 6.30. The standard InChI is InChI=1S/C12H24N2O/c1-10-9-14(7-6-13-10)11-4-3-5-12(8-11)15-2/h10-13H,3-9H2,1-2H3/t10-,11?,12?/m1/s1. The molecule has 2 unspecified atom stereocenters. The van der Waals surface area contributed by atoms with Crippen LogP contribution in [0.25, 0.3) is 0 Å². The van der Waals surface area contributed by atoms with Gasteiger partial charge in [0.2, 0.25) is 0 Å². The molecule has 0 aromatic heterocycles. The average molecular weight is 212 g/mol. The van der Waals surface area contributed by atoms with Gasteiger partial charge in [0.05, 0.1) is 6.10 Å². The average Bonchev–Trinajstić information content (AvgIpc) is 2.29. The zero-order chi connectivity index (χ0) is 10.7. The van der Waals surface area contributed by atoms with Gasteiger partial charge in [0.1, 0.15) is 0 Å². The first-order valence-electron chi connectivity index (χ1n) is 6.30. The van der Waals surface area contributed by atoms with E-state index in [1.165, 1.54) is 38.8 Å². The summed E-state index contributed by atoms with van der Waals surface area (Å²) in [4.78, 5) is 2.66. The lowest BCUT2D eigenvalue weighted by molar-refractivity contribution is 0.0205. The number of rotatable bonds is 2. The minimum atomic E-state index is 0.508. The van der Waals surface area contributed by atoms with Crippen LogP contribution in [0.15, 0.2) is 0 Å². The molecule has 3 heteroatoms. The van der Waals surface area contributed by atoms with Crippen LogP contribution in [-0.2, 0) is 4.74 Å². The Kier molecular flexibility index (Phi) is 4.00. The molecule has 0 bridgehead atoms. The molecule has 1 aliphatic heterocycles. The third kappa shape index (κ3) is 2.92. The van der Waals surface area contributed by atoms with Crippen molar-refractivity contribution in [3.05, 3.63) is 0 Å².